The lowest BCUT2D eigenvalue weighted by Crippen LogP contribution is -2.11. The smallest absolute Gasteiger partial charge is 0.128 e. The SMILES string of the molecule is Cn1cc(CNCc2cnoc2)cn1. The quantitative estimate of drug-likeness (QED) is 0.774. The van der Waals surface area contributed by atoms with Crippen LogP contribution in [0.4, 0.5) is 0 Å². The Morgan fingerprint density at radius 2 is 2.21 bits per heavy atom. The van der Waals surface area contributed by atoms with E-state index in [-0.39, 0.29) is 0 Å². The maximum atomic E-state index is 4.71. The highest BCUT2D eigenvalue weighted by atomic mass is 16.5. The van der Waals surface area contributed by atoms with E-state index in [1.54, 1.807) is 17.1 Å². The summed E-state index contributed by atoms with van der Waals surface area (Å²) in [5, 5.41) is 11.0. The van der Waals surface area contributed by atoms with Crippen molar-refractivity contribution in [2.75, 3.05) is 0 Å². The molecule has 0 saturated heterocycles. The molecule has 0 radical (unpaired) electrons. The van der Waals surface area contributed by atoms with Gasteiger partial charge in [0.1, 0.15) is 6.26 Å². The first-order chi connectivity index (χ1) is 6.84. The zero-order valence-corrected chi connectivity index (χ0v) is 7.97. The molecule has 0 bridgehead atoms. The lowest BCUT2D eigenvalue weighted by Gasteiger charge is -1.98. The van der Waals surface area contributed by atoms with Gasteiger partial charge in [-0.3, -0.25) is 4.68 Å². The van der Waals surface area contributed by atoms with Crippen molar-refractivity contribution in [1.82, 2.24) is 20.3 Å². The summed E-state index contributed by atoms with van der Waals surface area (Å²) in [6, 6.07) is 0. The van der Waals surface area contributed by atoms with Gasteiger partial charge in [0.15, 0.2) is 0 Å². The molecule has 0 atom stereocenters. The molecule has 0 spiro atoms. The van der Waals surface area contributed by atoms with E-state index in [0.717, 1.165) is 18.7 Å². The van der Waals surface area contributed by atoms with Gasteiger partial charge in [-0.15, -0.1) is 0 Å². The van der Waals surface area contributed by atoms with Gasteiger partial charge in [-0.05, 0) is 0 Å². The van der Waals surface area contributed by atoms with Gasteiger partial charge in [-0.25, -0.2) is 0 Å². The third kappa shape index (κ3) is 2.20. The van der Waals surface area contributed by atoms with Crippen LogP contribution in [0.5, 0.6) is 0 Å². The fourth-order valence-corrected chi connectivity index (χ4v) is 1.23. The van der Waals surface area contributed by atoms with Gasteiger partial charge in [0.25, 0.3) is 0 Å². The van der Waals surface area contributed by atoms with Crippen molar-refractivity contribution in [3.63, 3.8) is 0 Å². The number of aromatic nitrogens is 3. The Hall–Kier alpha value is -1.62. The van der Waals surface area contributed by atoms with Gasteiger partial charge in [0.05, 0.1) is 12.4 Å². The number of rotatable bonds is 4. The van der Waals surface area contributed by atoms with E-state index in [1.807, 2.05) is 19.4 Å². The highest BCUT2D eigenvalue weighted by Crippen LogP contribution is 1.98. The Morgan fingerprint density at radius 1 is 1.36 bits per heavy atom. The standard InChI is InChI=1S/C9H12N4O/c1-13-6-8(4-11-13)2-10-3-9-5-12-14-7-9/h4-7,10H,2-3H2,1H3. The Kier molecular flexibility index (Phi) is 2.60. The molecule has 5 nitrogen and oxygen atoms in total. The predicted molar refractivity (Wildman–Crippen MR) is 50.3 cm³/mol. The maximum Gasteiger partial charge on any atom is 0.128 e. The number of nitrogens with one attached hydrogen (secondary N) is 1. The monoisotopic (exact) mass is 192 g/mol. The van der Waals surface area contributed by atoms with Crippen LogP contribution in [0.15, 0.2) is 29.4 Å². The Labute approximate surface area is 81.7 Å². The fourth-order valence-electron chi connectivity index (χ4n) is 1.23. The summed E-state index contributed by atoms with van der Waals surface area (Å²) in [4.78, 5) is 0. The minimum atomic E-state index is 0.762. The van der Waals surface area contributed by atoms with Gasteiger partial charge in [-0.1, -0.05) is 5.16 Å². The lowest BCUT2D eigenvalue weighted by molar-refractivity contribution is 0.418. The molecule has 5 heteroatoms. The van der Waals surface area contributed by atoms with E-state index < -0.39 is 0 Å². The van der Waals surface area contributed by atoms with Crippen molar-refractivity contribution in [1.29, 1.82) is 0 Å². The highest BCUT2D eigenvalue weighted by Gasteiger charge is 1.97. The second-order valence-electron chi connectivity index (χ2n) is 3.16. The van der Waals surface area contributed by atoms with Crippen molar-refractivity contribution in [3.05, 3.63) is 36.0 Å². The molecule has 2 aromatic heterocycles. The molecule has 0 fully saturated rings. The fraction of sp³-hybridized carbons (Fsp3) is 0.333. The summed E-state index contributed by atoms with van der Waals surface area (Å²) < 4.78 is 6.50. The molecular weight excluding hydrogens is 180 g/mol. The van der Waals surface area contributed by atoms with Crippen LogP contribution >= 0.6 is 0 Å². The molecule has 0 aliphatic carbocycles. The van der Waals surface area contributed by atoms with Crippen molar-refractivity contribution < 1.29 is 4.52 Å². The second-order valence-corrected chi connectivity index (χ2v) is 3.16. The summed E-state index contributed by atoms with van der Waals surface area (Å²) in [5.41, 5.74) is 2.22. The first kappa shape index (κ1) is 8.96. The summed E-state index contributed by atoms with van der Waals surface area (Å²) in [6.07, 6.45) is 7.17. The minimum Gasteiger partial charge on any atom is -0.364 e. The summed E-state index contributed by atoms with van der Waals surface area (Å²) in [6.45, 7) is 1.57. The van der Waals surface area contributed by atoms with Gasteiger partial charge in [-0.2, -0.15) is 5.10 Å². The molecule has 74 valence electrons. The molecule has 0 aromatic carbocycles. The highest BCUT2D eigenvalue weighted by molar-refractivity contribution is 5.04. The summed E-state index contributed by atoms with van der Waals surface area (Å²) in [5.74, 6) is 0. The number of aryl methyl sites for hydroxylation is 1. The van der Waals surface area contributed by atoms with Crippen molar-refractivity contribution in [2.45, 2.75) is 13.1 Å². The van der Waals surface area contributed by atoms with E-state index >= 15 is 0 Å². The van der Waals surface area contributed by atoms with E-state index in [2.05, 4.69) is 15.6 Å². The summed E-state index contributed by atoms with van der Waals surface area (Å²) >= 11 is 0. The average Bonchev–Trinajstić information content (AvgIpc) is 2.77. The molecule has 14 heavy (non-hydrogen) atoms. The molecule has 0 aliphatic heterocycles. The van der Waals surface area contributed by atoms with Gasteiger partial charge in [0.2, 0.25) is 0 Å². The number of hydrogen-bond donors (Lipinski definition) is 1. The first-order valence-electron chi connectivity index (χ1n) is 4.41. The third-order valence-electron chi connectivity index (χ3n) is 1.90. The molecule has 2 aromatic rings. The normalized spacial score (nSPS) is 10.6. The minimum absolute atomic E-state index is 0.762. The molecule has 0 amide bonds. The Bertz CT molecular complexity index is 379. The van der Waals surface area contributed by atoms with Crippen LogP contribution in [0.3, 0.4) is 0 Å². The van der Waals surface area contributed by atoms with Crippen LogP contribution in [-0.2, 0) is 20.1 Å². The van der Waals surface area contributed by atoms with Gasteiger partial charge in [0, 0.05) is 37.5 Å². The van der Waals surface area contributed by atoms with Crippen LogP contribution in [0.2, 0.25) is 0 Å². The Balaban J connectivity index is 1.78. The van der Waals surface area contributed by atoms with Crippen molar-refractivity contribution >= 4 is 0 Å². The second kappa shape index (κ2) is 4.06. The van der Waals surface area contributed by atoms with Crippen LogP contribution in [0.1, 0.15) is 11.1 Å². The van der Waals surface area contributed by atoms with Gasteiger partial charge >= 0.3 is 0 Å². The molecule has 2 heterocycles. The van der Waals surface area contributed by atoms with Crippen LogP contribution < -0.4 is 5.32 Å². The third-order valence-corrected chi connectivity index (χ3v) is 1.90. The maximum absolute atomic E-state index is 4.71. The Morgan fingerprint density at radius 3 is 2.86 bits per heavy atom. The molecule has 0 unspecified atom stereocenters. The van der Waals surface area contributed by atoms with E-state index in [0.29, 0.717) is 0 Å². The zero-order valence-electron chi connectivity index (χ0n) is 7.97. The average molecular weight is 192 g/mol. The van der Waals surface area contributed by atoms with E-state index in [9.17, 15) is 0 Å². The number of hydrogen-bond acceptors (Lipinski definition) is 4. The lowest BCUT2D eigenvalue weighted by atomic mass is 10.3. The zero-order chi connectivity index (χ0) is 9.80. The van der Waals surface area contributed by atoms with Crippen LogP contribution in [0.25, 0.3) is 0 Å². The predicted octanol–water partition coefficient (Wildman–Crippen LogP) is 0.698. The van der Waals surface area contributed by atoms with Crippen LogP contribution in [0, 0.1) is 0 Å². The van der Waals surface area contributed by atoms with Crippen molar-refractivity contribution in [3.8, 4) is 0 Å². The van der Waals surface area contributed by atoms with E-state index in [1.165, 1.54) is 5.56 Å². The number of nitrogens with zero attached hydrogens (tertiary/aromatic N) is 3. The molecular formula is C9H12N4O. The van der Waals surface area contributed by atoms with E-state index in [4.69, 9.17) is 4.52 Å². The van der Waals surface area contributed by atoms with Crippen LogP contribution in [-0.4, -0.2) is 14.9 Å². The molecule has 2 rings (SSSR count). The first-order valence-corrected chi connectivity index (χ1v) is 4.41. The van der Waals surface area contributed by atoms with Gasteiger partial charge < -0.3 is 9.84 Å². The summed E-state index contributed by atoms with van der Waals surface area (Å²) in [7, 11) is 1.91. The van der Waals surface area contributed by atoms with Crippen molar-refractivity contribution in [2.24, 2.45) is 7.05 Å². The topological polar surface area (TPSA) is 55.9 Å². The molecule has 0 saturated carbocycles. The largest absolute Gasteiger partial charge is 0.364 e. The molecule has 1 N–H and O–H groups in total. The molecule has 0 aliphatic rings.